The summed E-state index contributed by atoms with van der Waals surface area (Å²) in [5.74, 6) is 0.109. The van der Waals surface area contributed by atoms with E-state index in [1.54, 1.807) is 24.3 Å². The van der Waals surface area contributed by atoms with Crippen LogP contribution in [-0.4, -0.2) is 60.4 Å². The van der Waals surface area contributed by atoms with Crippen LogP contribution in [-0.2, 0) is 4.79 Å². The lowest BCUT2D eigenvalue weighted by Gasteiger charge is -2.33. The zero-order valence-corrected chi connectivity index (χ0v) is 20.9. The van der Waals surface area contributed by atoms with Gasteiger partial charge in [0.05, 0.1) is 23.0 Å². The van der Waals surface area contributed by atoms with Crippen molar-refractivity contribution in [3.05, 3.63) is 48.3 Å². The Bertz CT molecular complexity index is 1240. The largest absolute Gasteiger partial charge is 0.417 e. The Hall–Kier alpha value is -2.94. The van der Waals surface area contributed by atoms with Crippen molar-refractivity contribution in [2.45, 2.75) is 63.0 Å². The summed E-state index contributed by atoms with van der Waals surface area (Å²) in [4.78, 5) is 18.7. The van der Waals surface area contributed by atoms with Crippen LogP contribution in [0.4, 0.5) is 23.2 Å². The van der Waals surface area contributed by atoms with Crippen LogP contribution in [0.3, 0.4) is 0 Å². The molecule has 37 heavy (non-hydrogen) atoms. The summed E-state index contributed by atoms with van der Waals surface area (Å²) in [6.45, 7) is 4.36. The predicted molar refractivity (Wildman–Crippen MR) is 138 cm³/mol. The minimum atomic E-state index is -4.65. The number of rotatable bonds is 6. The molecule has 5 nitrogen and oxygen atoms in total. The number of hydrogen-bond donors (Lipinski definition) is 2. The van der Waals surface area contributed by atoms with Gasteiger partial charge < -0.3 is 15.5 Å². The van der Waals surface area contributed by atoms with Gasteiger partial charge in [-0.05, 0) is 63.3 Å². The molecule has 0 radical (unpaired) electrons. The van der Waals surface area contributed by atoms with E-state index in [0.29, 0.717) is 41.5 Å². The number of hydrogen-bond acceptors (Lipinski definition) is 4. The van der Waals surface area contributed by atoms with Gasteiger partial charge in [-0.25, -0.2) is 9.37 Å². The third kappa shape index (κ3) is 5.66. The number of amides is 1. The molecule has 0 bridgehead atoms. The maximum absolute atomic E-state index is 14.8. The Morgan fingerprint density at radius 3 is 2.65 bits per heavy atom. The minimum absolute atomic E-state index is 0.0329. The van der Waals surface area contributed by atoms with Gasteiger partial charge >= 0.3 is 6.18 Å². The maximum Gasteiger partial charge on any atom is 0.417 e. The summed E-state index contributed by atoms with van der Waals surface area (Å²) in [5.41, 5.74) is 0.545. The van der Waals surface area contributed by atoms with Gasteiger partial charge in [-0.2, -0.15) is 13.2 Å². The molecule has 2 aliphatic carbocycles. The molecule has 3 atom stereocenters. The van der Waals surface area contributed by atoms with Crippen molar-refractivity contribution in [1.82, 2.24) is 15.2 Å². The van der Waals surface area contributed by atoms with Gasteiger partial charge in [0.2, 0.25) is 5.91 Å². The number of carbonyl (C=O) groups is 1. The molecule has 2 fully saturated rings. The lowest BCUT2D eigenvalue weighted by atomic mass is 9.91. The molecule has 1 aliphatic heterocycles. The maximum atomic E-state index is 14.8. The van der Waals surface area contributed by atoms with Crippen LogP contribution in [0, 0.1) is 5.92 Å². The molecule has 3 aliphatic rings. The lowest BCUT2D eigenvalue weighted by Crippen LogP contribution is -2.46. The third-order valence-corrected chi connectivity index (χ3v) is 7.56. The van der Waals surface area contributed by atoms with Crippen LogP contribution in [0.2, 0.25) is 0 Å². The summed E-state index contributed by atoms with van der Waals surface area (Å²) < 4.78 is 56.2. The van der Waals surface area contributed by atoms with Crippen molar-refractivity contribution in [2.24, 2.45) is 5.92 Å². The van der Waals surface area contributed by atoms with E-state index in [0.717, 1.165) is 37.8 Å². The van der Waals surface area contributed by atoms with Gasteiger partial charge in [0.1, 0.15) is 6.17 Å². The van der Waals surface area contributed by atoms with Crippen LogP contribution >= 0.6 is 0 Å². The second-order valence-electron chi connectivity index (χ2n) is 10.5. The highest BCUT2D eigenvalue weighted by Crippen LogP contribution is 2.39. The lowest BCUT2D eigenvalue weighted by molar-refractivity contribution is -0.122. The number of likely N-dealkylation sites (tertiary alicyclic amines) is 1. The van der Waals surface area contributed by atoms with Gasteiger partial charge in [-0.15, -0.1) is 0 Å². The molecule has 1 unspecified atom stereocenters. The SMILES string of the molecule is C=C(c1nc(C2=CC(NC(=O)C3CC3)CCC2)cc2c(N[C@@H]3CCN(C)C[C@@H]3F)cccc12)C(F)(F)F. The van der Waals surface area contributed by atoms with Crippen molar-refractivity contribution in [1.29, 1.82) is 0 Å². The van der Waals surface area contributed by atoms with Crippen molar-refractivity contribution in [2.75, 3.05) is 25.5 Å². The second kappa shape index (κ2) is 10.1. The first-order chi connectivity index (χ1) is 17.6. The molecule has 1 saturated heterocycles. The van der Waals surface area contributed by atoms with E-state index in [9.17, 15) is 22.4 Å². The molecule has 9 heteroatoms. The van der Waals surface area contributed by atoms with Gasteiger partial charge in [0, 0.05) is 41.5 Å². The topological polar surface area (TPSA) is 57.3 Å². The molecule has 1 aromatic carbocycles. The molecule has 1 amide bonds. The van der Waals surface area contributed by atoms with Crippen LogP contribution in [0.5, 0.6) is 0 Å². The van der Waals surface area contributed by atoms with Crippen LogP contribution < -0.4 is 10.6 Å². The number of alkyl halides is 4. The number of benzene rings is 1. The van der Waals surface area contributed by atoms with Crippen LogP contribution in [0.25, 0.3) is 21.9 Å². The van der Waals surface area contributed by atoms with Gasteiger partial charge in [0.25, 0.3) is 0 Å². The summed E-state index contributed by atoms with van der Waals surface area (Å²) in [5, 5.41) is 7.18. The quantitative estimate of drug-likeness (QED) is 0.482. The van der Waals surface area contributed by atoms with Gasteiger partial charge in [0.15, 0.2) is 0 Å². The van der Waals surface area contributed by atoms with Crippen molar-refractivity contribution >= 4 is 33.5 Å². The first kappa shape index (κ1) is 25.7. The summed E-state index contributed by atoms with van der Waals surface area (Å²) >= 11 is 0. The van der Waals surface area contributed by atoms with E-state index < -0.39 is 24.0 Å². The second-order valence-corrected chi connectivity index (χ2v) is 10.5. The van der Waals surface area contributed by atoms with Crippen LogP contribution in [0.15, 0.2) is 36.9 Å². The summed E-state index contributed by atoms with van der Waals surface area (Å²) in [7, 11) is 1.87. The summed E-state index contributed by atoms with van der Waals surface area (Å²) in [6, 6.07) is 6.19. The van der Waals surface area contributed by atoms with Crippen molar-refractivity contribution in [3.63, 3.8) is 0 Å². The van der Waals surface area contributed by atoms with E-state index >= 15 is 0 Å². The highest BCUT2D eigenvalue weighted by molar-refractivity contribution is 6.01. The predicted octanol–water partition coefficient (Wildman–Crippen LogP) is 5.73. The highest BCUT2D eigenvalue weighted by Gasteiger charge is 2.36. The molecule has 2 N–H and O–H groups in total. The zero-order chi connectivity index (χ0) is 26.3. The molecule has 0 spiro atoms. The first-order valence-electron chi connectivity index (χ1n) is 12.9. The Kier molecular flexibility index (Phi) is 7.00. The fourth-order valence-electron chi connectivity index (χ4n) is 5.25. The van der Waals surface area contributed by atoms with E-state index in [2.05, 4.69) is 22.2 Å². The molecule has 5 rings (SSSR count). The number of fused-ring (bicyclic) bond motifs is 1. The Balaban J connectivity index is 1.55. The van der Waals surface area contributed by atoms with E-state index in [4.69, 9.17) is 0 Å². The third-order valence-electron chi connectivity index (χ3n) is 7.56. The first-order valence-corrected chi connectivity index (χ1v) is 12.9. The van der Waals surface area contributed by atoms with E-state index in [-0.39, 0.29) is 23.6 Å². The minimum Gasteiger partial charge on any atom is -0.379 e. The van der Waals surface area contributed by atoms with E-state index in [1.165, 1.54) is 0 Å². The summed E-state index contributed by atoms with van der Waals surface area (Å²) in [6.07, 6.45) is 0.759. The number of allylic oxidation sites excluding steroid dienone is 2. The molecule has 198 valence electrons. The molecule has 2 heterocycles. The smallest absolute Gasteiger partial charge is 0.379 e. The molecular weight excluding hydrogens is 484 g/mol. The fraction of sp³-hybridized carbons (Fsp3) is 0.500. The van der Waals surface area contributed by atoms with Gasteiger partial charge in [-0.3, -0.25) is 4.79 Å². The molecule has 2 aromatic rings. The molecular formula is C28H32F4N4O. The monoisotopic (exact) mass is 516 g/mol. The number of nitrogens with one attached hydrogen (secondary N) is 2. The van der Waals surface area contributed by atoms with Crippen LogP contribution in [0.1, 0.15) is 49.9 Å². The number of anilines is 1. The zero-order valence-electron chi connectivity index (χ0n) is 20.9. The average Bonchev–Trinajstić information content (AvgIpc) is 3.70. The number of carbonyl (C=O) groups excluding carboxylic acids is 1. The Morgan fingerprint density at radius 2 is 1.95 bits per heavy atom. The average molecular weight is 517 g/mol. The molecule has 1 aromatic heterocycles. The fourth-order valence-corrected chi connectivity index (χ4v) is 5.25. The number of nitrogens with zero attached hydrogens (tertiary/aromatic N) is 2. The standard InChI is InChI=1S/C28H32F4N4O/c1-16(28(30,31)32)26-20-7-4-8-23(34-24-11-12-36(2)15-22(24)29)21(20)14-25(35-26)18-5-3-6-19(13-18)33-27(37)17-9-10-17/h4,7-8,13-14,17,19,22,24,34H,1,3,5-6,9-12,15H2,2H3,(H,33,37)/t19?,22-,24+/m0/s1. The Labute approximate surface area is 214 Å². The van der Waals surface area contributed by atoms with Crippen molar-refractivity contribution < 1.29 is 22.4 Å². The normalized spacial score (nSPS) is 25.0. The highest BCUT2D eigenvalue weighted by atomic mass is 19.4. The number of piperidine rings is 1. The number of halogens is 4. The number of aromatic nitrogens is 1. The Morgan fingerprint density at radius 1 is 1.16 bits per heavy atom. The van der Waals surface area contributed by atoms with Gasteiger partial charge in [-0.1, -0.05) is 24.8 Å². The number of pyridine rings is 1. The van der Waals surface area contributed by atoms with Crippen molar-refractivity contribution in [3.8, 4) is 0 Å². The molecule has 1 saturated carbocycles. The van der Waals surface area contributed by atoms with E-state index in [1.807, 2.05) is 18.0 Å².